The lowest BCUT2D eigenvalue weighted by Gasteiger charge is -2.24. The molecule has 114 valence electrons. The molecular formula is C16H20BrFN2O. The maximum Gasteiger partial charge on any atom is 0.126 e. The van der Waals surface area contributed by atoms with Crippen molar-refractivity contribution in [3.8, 4) is 0 Å². The molecular weight excluding hydrogens is 335 g/mol. The van der Waals surface area contributed by atoms with Gasteiger partial charge in [-0.25, -0.2) is 4.39 Å². The molecule has 0 spiro atoms. The van der Waals surface area contributed by atoms with Crippen LogP contribution >= 0.6 is 15.9 Å². The van der Waals surface area contributed by atoms with Crippen LogP contribution in [-0.4, -0.2) is 20.5 Å². The van der Waals surface area contributed by atoms with E-state index in [4.69, 9.17) is 0 Å². The Balaban J connectivity index is 2.22. The largest absolute Gasteiger partial charge is 0.389 e. The summed E-state index contributed by atoms with van der Waals surface area (Å²) >= 11 is 3.55. The normalized spacial score (nSPS) is 14.2. The Morgan fingerprint density at radius 1 is 1.33 bits per heavy atom. The third-order valence-corrected chi connectivity index (χ3v) is 4.50. The average Bonchev–Trinajstić information content (AvgIpc) is 2.68. The van der Waals surface area contributed by atoms with E-state index in [0.29, 0.717) is 12.0 Å². The molecule has 0 aliphatic heterocycles. The van der Waals surface area contributed by atoms with E-state index in [1.165, 1.54) is 6.07 Å². The Hall–Kier alpha value is -1.20. The summed E-state index contributed by atoms with van der Waals surface area (Å²) in [5.41, 5.74) is 1.38. The molecule has 0 saturated carbocycles. The van der Waals surface area contributed by atoms with Crippen molar-refractivity contribution in [3.05, 3.63) is 51.5 Å². The van der Waals surface area contributed by atoms with Crippen LogP contribution in [0.5, 0.6) is 0 Å². The molecule has 0 amide bonds. The number of aryl methyl sites for hydroxylation is 2. The lowest BCUT2D eigenvalue weighted by molar-refractivity contribution is 0.0578. The van der Waals surface area contributed by atoms with Gasteiger partial charge in [-0.05, 0) is 40.9 Å². The Morgan fingerprint density at radius 3 is 2.57 bits per heavy atom. The van der Waals surface area contributed by atoms with Crippen molar-refractivity contribution in [2.75, 3.05) is 0 Å². The maximum atomic E-state index is 13.7. The molecule has 0 bridgehead atoms. The van der Waals surface area contributed by atoms with E-state index >= 15 is 0 Å². The summed E-state index contributed by atoms with van der Waals surface area (Å²) in [6, 6.07) is 6.56. The zero-order valence-electron chi connectivity index (χ0n) is 12.5. The Bertz CT molecular complexity index is 637. The number of benzene rings is 1. The standard InChI is InChI=1S/C16H20BrFN2O/c1-4-13-15(17)14(20(3)19-13)10-16(2,21)9-11-7-5-6-8-12(11)18/h5-8,21H,4,9-10H2,1-3H3. The topological polar surface area (TPSA) is 38.0 Å². The fraction of sp³-hybridized carbons (Fsp3) is 0.438. The monoisotopic (exact) mass is 354 g/mol. The fourth-order valence-electron chi connectivity index (χ4n) is 2.49. The third-order valence-electron chi connectivity index (χ3n) is 3.58. The second kappa shape index (κ2) is 6.28. The zero-order valence-corrected chi connectivity index (χ0v) is 14.1. The minimum atomic E-state index is -1.04. The SMILES string of the molecule is CCc1nn(C)c(CC(C)(O)Cc2ccccc2F)c1Br. The van der Waals surface area contributed by atoms with Gasteiger partial charge in [0.05, 0.1) is 21.5 Å². The second-order valence-electron chi connectivity index (χ2n) is 5.63. The fourth-order valence-corrected chi connectivity index (χ4v) is 3.24. The van der Waals surface area contributed by atoms with Gasteiger partial charge in [0, 0.05) is 19.9 Å². The van der Waals surface area contributed by atoms with E-state index in [9.17, 15) is 9.50 Å². The quantitative estimate of drug-likeness (QED) is 0.893. The van der Waals surface area contributed by atoms with Crippen molar-refractivity contribution in [3.63, 3.8) is 0 Å². The minimum Gasteiger partial charge on any atom is -0.389 e. The first kappa shape index (κ1) is 16.2. The van der Waals surface area contributed by atoms with E-state index in [2.05, 4.69) is 21.0 Å². The van der Waals surface area contributed by atoms with Gasteiger partial charge in [0.15, 0.2) is 0 Å². The minimum absolute atomic E-state index is 0.263. The number of rotatable bonds is 5. The van der Waals surface area contributed by atoms with Gasteiger partial charge in [0.1, 0.15) is 5.82 Å². The highest BCUT2D eigenvalue weighted by Gasteiger charge is 2.27. The summed E-state index contributed by atoms with van der Waals surface area (Å²) in [6.07, 6.45) is 1.49. The van der Waals surface area contributed by atoms with Crippen LogP contribution in [0.2, 0.25) is 0 Å². The molecule has 5 heteroatoms. The summed E-state index contributed by atoms with van der Waals surface area (Å²) in [5, 5.41) is 15.1. The molecule has 0 aliphatic carbocycles. The number of hydrogen-bond donors (Lipinski definition) is 1. The average molecular weight is 355 g/mol. The van der Waals surface area contributed by atoms with Crippen LogP contribution in [-0.2, 0) is 26.3 Å². The van der Waals surface area contributed by atoms with Crippen LogP contribution in [0, 0.1) is 5.82 Å². The van der Waals surface area contributed by atoms with E-state index in [1.54, 1.807) is 29.8 Å². The van der Waals surface area contributed by atoms with Crippen LogP contribution in [0.25, 0.3) is 0 Å². The molecule has 2 aromatic rings. The molecule has 1 N–H and O–H groups in total. The molecule has 0 fully saturated rings. The highest BCUT2D eigenvalue weighted by molar-refractivity contribution is 9.10. The van der Waals surface area contributed by atoms with Crippen molar-refractivity contribution in [2.45, 2.75) is 38.7 Å². The van der Waals surface area contributed by atoms with Crippen molar-refractivity contribution < 1.29 is 9.50 Å². The van der Waals surface area contributed by atoms with Crippen molar-refractivity contribution in [1.29, 1.82) is 0 Å². The van der Waals surface area contributed by atoms with Gasteiger partial charge < -0.3 is 5.11 Å². The zero-order chi connectivity index (χ0) is 15.6. The van der Waals surface area contributed by atoms with Gasteiger partial charge in [-0.3, -0.25) is 4.68 Å². The lowest BCUT2D eigenvalue weighted by atomic mass is 9.91. The molecule has 1 aromatic carbocycles. The molecule has 0 radical (unpaired) electrons. The molecule has 21 heavy (non-hydrogen) atoms. The third kappa shape index (κ3) is 3.71. The van der Waals surface area contributed by atoms with Crippen LogP contribution in [0.4, 0.5) is 4.39 Å². The van der Waals surface area contributed by atoms with Gasteiger partial charge in [-0.15, -0.1) is 0 Å². The first-order chi connectivity index (χ1) is 9.84. The summed E-state index contributed by atoms with van der Waals surface area (Å²) < 4.78 is 16.4. The summed E-state index contributed by atoms with van der Waals surface area (Å²) in [7, 11) is 1.86. The molecule has 1 atom stereocenters. The van der Waals surface area contributed by atoms with Crippen molar-refractivity contribution >= 4 is 15.9 Å². The molecule has 0 aliphatic rings. The molecule has 0 saturated heterocycles. The van der Waals surface area contributed by atoms with Crippen LogP contribution in [0.15, 0.2) is 28.7 Å². The van der Waals surface area contributed by atoms with Gasteiger partial charge in [0.25, 0.3) is 0 Å². The van der Waals surface area contributed by atoms with Crippen LogP contribution in [0.1, 0.15) is 30.8 Å². The smallest absolute Gasteiger partial charge is 0.126 e. The summed E-state index contributed by atoms with van der Waals surface area (Å²) in [5.74, 6) is -0.281. The summed E-state index contributed by atoms with van der Waals surface area (Å²) in [6.45, 7) is 3.76. The molecule has 1 heterocycles. The van der Waals surface area contributed by atoms with E-state index in [0.717, 1.165) is 22.3 Å². The number of aliphatic hydroxyl groups is 1. The molecule has 1 aromatic heterocycles. The number of hydrogen-bond acceptors (Lipinski definition) is 2. The second-order valence-corrected chi connectivity index (χ2v) is 6.42. The van der Waals surface area contributed by atoms with E-state index in [-0.39, 0.29) is 12.2 Å². The van der Waals surface area contributed by atoms with Gasteiger partial charge in [-0.1, -0.05) is 25.1 Å². The van der Waals surface area contributed by atoms with Gasteiger partial charge >= 0.3 is 0 Å². The first-order valence-corrected chi connectivity index (χ1v) is 7.79. The van der Waals surface area contributed by atoms with Gasteiger partial charge in [0.2, 0.25) is 0 Å². The first-order valence-electron chi connectivity index (χ1n) is 7.00. The Kier molecular flexibility index (Phi) is 4.84. The summed E-state index contributed by atoms with van der Waals surface area (Å²) in [4.78, 5) is 0. The van der Waals surface area contributed by atoms with Crippen LogP contribution in [0.3, 0.4) is 0 Å². The van der Waals surface area contributed by atoms with Gasteiger partial charge in [-0.2, -0.15) is 5.10 Å². The molecule has 3 nitrogen and oxygen atoms in total. The van der Waals surface area contributed by atoms with E-state index in [1.807, 2.05) is 14.0 Å². The number of nitrogens with zero attached hydrogens (tertiary/aromatic N) is 2. The van der Waals surface area contributed by atoms with Crippen LogP contribution < -0.4 is 0 Å². The van der Waals surface area contributed by atoms with Crippen molar-refractivity contribution in [2.24, 2.45) is 7.05 Å². The van der Waals surface area contributed by atoms with E-state index < -0.39 is 5.60 Å². The maximum absolute atomic E-state index is 13.7. The highest BCUT2D eigenvalue weighted by Crippen LogP contribution is 2.27. The molecule has 2 rings (SSSR count). The predicted molar refractivity (Wildman–Crippen MR) is 84.7 cm³/mol. The Labute approximate surface area is 132 Å². The highest BCUT2D eigenvalue weighted by atomic mass is 79.9. The van der Waals surface area contributed by atoms with Crippen molar-refractivity contribution in [1.82, 2.24) is 9.78 Å². The number of halogens is 2. The predicted octanol–water partition coefficient (Wildman–Crippen LogP) is 3.42. The Morgan fingerprint density at radius 2 is 2.00 bits per heavy atom. The number of aromatic nitrogens is 2. The lowest BCUT2D eigenvalue weighted by Crippen LogP contribution is -2.31. The molecule has 1 unspecified atom stereocenters.